The Morgan fingerprint density at radius 2 is 1.81 bits per heavy atom. The number of alkyl halides is 3. The van der Waals surface area contributed by atoms with Gasteiger partial charge in [-0.3, -0.25) is 15.0 Å². The van der Waals surface area contributed by atoms with E-state index in [-0.39, 0.29) is 46.6 Å². The van der Waals surface area contributed by atoms with Crippen LogP contribution in [0.3, 0.4) is 0 Å². The molecule has 0 unspecified atom stereocenters. The van der Waals surface area contributed by atoms with Crippen molar-refractivity contribution in [2.24, 2.45) is 0 Å². The third-order valence-electron chi connectivity index (χ3n) is 8.30. The number of H-pyrrole nitrogens is 1. The van der Waals surface area contributed by atoms with Crippen molar-refractivity contribution in [3.8, 4) is 17.4 Å². The summed E-state index contributed by atoms with van der Waals surface area (Å²) in [6, 6.07) is 5.74. The van der Waals surface area contributed by atoms with Crippen LogP contribution < -0.4 is 4.74 Å². The summed E-state index contributed by atoms with van der Waals surface area (Å²) in [7, 11) is 0. The lowest BCUT2D eigenvalue weighted by Crippen LogP contribution is -2.35. The quantitative estimate of drug-likeness (QED) is 0.196. The number of hydrogen-bond donors (Lipinski definition) is 1. The number of pyridine rings is 1. The molecule has 4 aromatic heterocycles. The van der Waals surface area contributed by atoms with Crippen molar-refractivity contribution in [2.75, 3.05) is 19.7 Å². The number of fused-ring (bicyclic) bond motifs is 1. The van der Waals surface area contributed by atoms with Gasteiger partial charge in [0.05, 0.1) is 42.6 Å². The van der Waals surface area contributed by atoms with Gasteiger partial charge >= 0.3 is 6.18 Å². The SMILES string of the molecule is Fc1cc(Cl)ccc1COc1nc(C2CCN(Cc3nc4cc(-c5n[nH]c(C(F)(F)F)n5)ncc4n3C[C@@H]3CCO3)CC2)ncc1F. The van der Waals surface area contributed by atoms with Crippen molar-refractivity contribution in [1.29, 1.82) is 0 Å². The second-order valence-corrected chi connectivity index (χ2v) is 11.9. The van der Waals surface area contributed by atoms with E-state index in [1.807, 2.05) is 9.67 Å². The molecule has 246 valence electrons. The van der Waals surface area contributed by atoms with E-state index in [1.54, 1.807) is 12.3 Å². The molecule has 0 bridgehead atoms. The molecule has 5 aromatic rings. The van der Waals surface area contributed by atoms with Crippen LogP contribution >= 0.6 is 11.6 Å². The molecule has 0 radical (unpaired) electrons. The molecular formula is C30H27ClF5N9O2. The van der Waals surface area contributed by atoms with Crippen molar-refractivity contribution < 1.29 is 31.4 Å². The third-order valence-corrected chi connectivity index (χ3v) is 8.54. The Labute approximate surface area is 269 Å². The molecule has 0 spiro atoms. The van der Waals surface area contributed by atoms with Crippen LogP contribution in [0.2, 0.25) is 5.02 Å². The minimum Gasteiger partial charge on any atom is -0.471 e. The summed E-state index contributed by atoms with van der Waals surface area (Å²) in [4.78, 5) is 23.5. The normalized spacial score (nSPS) is 17.7. The molecule has 2 saturated heterocycles. The van der Waals surface area contributed by atoms with Crippen LogP contribution in [0, 0.1) is 11.6 Å². The van der Waals surface area contributed by atoms with Crippen LogP contribution in [0.4, 0.5) is 22.0 Å². The van der Waals surface area contributed by atoms with E-state index in [0.717, 1.165) is 30.0 Å². The molecule has 1 N–H and O–H groups in total. The van der Waals surface area contributed by atoms with Gasteiger partial charge in [-0.05, 0) is 50.6 Å². The van der Waals surface area contributed by atoms with Crippen LogP contribution in [0.15, 0.2) is 36.7 Å². The fourth-order valence-electron chi connectivity index (χ4n) is 5.65. The Morgan fingerprint density at radius 3 is 2.51 bits per heavy atom. The molecule has 0 saturated carbocycles. The molecule has 0 amide bonds. The first-order valence-electron chi connectivity index (χ1n) is 14.9. The number of likely N-dealkylation sites (tertiary alicyclic amines) is 1. The molecular weight excluding hydrogens is 649 g/mol. The van der Waals surface area contributed by atoms with E-state index in [2.05, 4.69) is 29.9 Å². The summed E-state index contributed by atoms with van der Waals surface area (Å²) in [6.07, 6.45) is 0.313. The first kappa shape index (κ1) is 31.3. The second-order valence-electron chi connectivity index (χ2n) is 11.4. The molecule has 17 heteroatoms. The zero-order valence-electron chi connectivity index (χ0n) is 24.6. The monoisotopic (exact) mass is 675 g/mol. The molecule has 0 aliphatic carbocycles. The minimum atomic E-state index is -4.65. The number of rotatable bonds is 9. The van der Waals surface area contributed by atoms with Gasteiger partial charge in [0, 0.05) is 23.1 Å². The summed E-state index contributed by atoms with van der Waals surface area (Å²) in [6.45, 7) is 2.90. The largest absolute Gasteiger partial charge is 0.471 e. The van der Waals surface area contributed by atoms with Gasteiger partial charge in [-0.1, -0.05) is 17.7 Å². The summed E-state index contributed by atoms with van der Waals surface area (Å²) < 4.78 is 81.0. The Kier molecular flexibility index (Phi) is 8.48. The van der Waals surface area contributed by atoms with E-state index in [9.17, 15) is 22.0 Å². The number of imidazole rings is 1. The van der Waals surface area contributed by atoms with Crippen molar-refractivity contribution in [2.45, 2.75) is 57.2 Å². The zero-order chi connectivity index (χ0) is 32.7. The number of piperidine rings is 1. The Balaban J connectivity index is 1.04. The number of nitrogens with zero attached hydrogens (tertiary/aromatic N) is 8. The van der Waals surface area contributed by atoms with Gasteiger partial charge in [-0.15, -0.1) is 0 Å². The van der Waals surface area contributed by atoms with Gasteiger partial charge in [0.1, 0.15) is 29.8 Å². The molecule has 2 aliphatic rings. The highest BCUT2D eigenvalue weighted by Crippen LogP contribution is 2.31. The standard InChI is InChI=1S/C30H27ClF5N9O2/c31-18-2-1-17(20(32)9-18)15-47-28-21(33)11-38-26(40-28)16-3-6-44(7-4-16)14-25-39-22-10-23(27-41-29(43-42-27)30(34,35)36)37-12-24(22)45(25)13-19-5-8-46-19/h1-2,9-12,16,19H,3-8,13-15H2,(H,41,42,43)/t19-/m0/s1. The Hall–Kier alpha value is -4.28. The van der Waals surface area contributed by atoms with Gasteiger partial charge in [-0.2, -0.15) is 27.6 Å². The lowest BCUT2D eigenvalue weighted by molar-refractivity contribution is -0.144. The average Bonchev–Trinajstić information content (AvgIpc) is 3.65. The number of hydrogen-bond acceptors (Lipinski definition) is 9. The number of halogens is 6. The highest BCUT2D eigenvalue weighted by molar-refractivity contribution is 6.30. The fraction of sp³-hybridized carbons (Fsp3) is 0.400. The van der Waals surface area contributed by atoms with E-state index >= 15 is 0 Å². The van der Waals surface area contributed by atoms with E-state index in [0.29, 0.717) is 57.0 Å². The zero-order valence-corrected chi connectivity index (χ0v) is 25.4. The first-order chi connectivity index (χ1) is 22.6. The van der Waals surface area contributed by atoms with Gasteiger partial charge in [-0.25, -0.2) is 19.3 Å². The maximum Gasteiger partial charge on any atom is 0.451 e. The van der Waals surface area contributed by atoms with Crippen molar-refractivity contribution in [3.05, 3.63) is 76.4 Å². The minimum absolute atomic E-state index is 0.0298. The Bertz CT molecular complexity index is 1900. The number of ether oxygens (including phenoxy) is 2. The van der Waals surface area contributed by atoms with Crippen molar-refractivity contribution >= 4 is 22.6 Å². The van der Waals surface area contributed by atoms with Gasteiger partial charge in [0.25, 0.3) is 5.88 Å². The highest BCUT2D eigenvalue weighted by Gasteiger charge is 2.35. The maximum atomic E-state index is 14.5. The lowest BCUT2D eigenvalue weighted by atomic mass is 9.96. The predicted octanol–water partition coefficient (Wildman–Crippen LogP) is 5.70. The summed E-state index contributed by atoms with van der Waals surface area (Å²) in [5.41, 5.74) is 1.68. The number of benzene rings is 1. The van der Waals surface area contributed by atoms with Crippen LogP contribution in [-0.2, 0) is 30.6 Å². The number of aromatic nitrogens is 8. The van der Waals surface area contributed by atoms with Gasteiger partial charge in [0.2, 0.25) is 11.6 Å². The third kappa shape index (κ3) is 6.75. The Morgan fingerprint density at radius 1 is 1.00 bits per heavy atom. The van der Waals surface area contributed by atoms with Gasteiger partial charge in [0.15, 0.2) is 5.82 Å². The molecule has 6 heterocycles. The first-order valence-corrected chi connectivity index (χ1v) is 15.3. The molecule has 2 aliphatic heterocycles. The van der Waals surface area contributed by atoms with Crippen molar-refractivity contribution in [3.63, 3.8) is 0 Å². The van der Waals surface area contributed by atoms with E-state index in [1.165, 1.54) is 12.1 Å². The van der Waals surface area contributed by atoms with Crippen molar-refractivity contribution in [1.82, 2.24) is 44.6 Å². The molecule has 7 rings (SSSR count). The molecule has 1 atom stereocenters. The predicted molar refractivity (Wildman–Crippen MR) is 157 cm³/mol. The summed E-state index contributed by atoms with van der Waals surface area (Å²) in [5, 5.41) is 5.85. The molecule has 47 heavy (non-hydrogen) atoms. The van der Waals surface area contributed by atoms with E-state index in [4.69, 9.17) is 26.1 Å². The fourth-order valence-corrected chi connectivity index (χ4v) is 5.81. The van der Waals surface area contributed by atoms with E-state index < -0.39 is 23.6 Å². The summed E-state index contributed by atoms with van der Waals surface area (Å²) in [5.74, 6) is -1.74. The molecule has 2 fully saturated rings. The smallest absolute Gasteiger partial charge is 0.451 e. The highest BCUT2D eigenvalue weighted by atomic mass is 35.5. The molecule has 11 nitrogen and oxygen atoms in total. The number of nitrogens with one attached hydrogen (secondary N) is 1. The van der Waals surface area contributed by atoms with Crippen LogP contribution in [0.1, 0.15) is 48.2 Å². The van der Waals surface area contributed by atoms with Crippen LogP contribution in [0.25, 0.3) is 22.6 Å². The topological polar surface area (TPSA) is 120 Å². The van der Waals surface area contributed by atoms with Crippen LogP contribution in [-0.4, -0.2) is 70.4 Å². The second kappa shape index (κ2) is 12.7. The lowest BCUT2D eigenvalue weighted by Gasteiger charge is -2.32. The average molecular weight is 676 g/mol. The maximum absolute atomic E-state index is 14.5. The number of aromatic amines is 1. The van der Waals surface area contributed by atoms with Gasteiger partial charge < -0.3 is 14.0 Å². The van der Waals surface area contributed by atoms with Crippen LogP contribution in [0.5, 0.6) is 5.88 Å². The summed E-state index contributed by atoms with van der Waals surface area (Å²) >= 11 is 5.80. The molecule has 1 aromatic carbocycles.